The van der Waals surface area contributed by atoms with Crippen LogP contribution in [-0.4, -0.2) is 63.3 Å². The molecule has 5 rings (SSSR count). The van der Waals surface area contributed by atoms with Gasteiger partial charge in [-0.05, 0) is 43.1 Å². The summed E-state index contributed by atoms with van der Waals surface area (Å²) in [5, 5.41) is 19.4. The lowest BCUT2D eigenvalue weighted by Gasteiger charge is -2.36. The van der Waals surface area contributed by atoms with Crippen LogP contribution in [0.25, 0.3) is 11.3 Å². The van der Waals surface area contributed by atoms with Crippen LogP contribution in [-0.2, 0) is 9.53 Å². The molecular formula is C23H30N4O3. The number of hydrogen-bond acceptors (Lipinski definition) is 5. The third-order valence-electron chi connectivity index (χ3n) is 7.17. The van der Waals surface area contributed by atoms with Crippen molar-refractivity contribution in [3.63, 3.8) is 0 Å². The van der Waals surface area contributed by atoms with Crippen molar-refractivity contribution in [3.8, 4) is 11.3 Å². The largest absolute Gasteiger partial charge is 0.393 e. The standard InChI is InChI=1S/C23H30N4O3/c28-22(14-20-18-3-1-2-4-19(18)21-15-24-25-27(20)21)17-5-9-26(10-6-17)23(29)13-16-7-11-30-12-8-16/h1-4,15-17,20,22,28H,5-14H2. The molecule has 2 atom stereocenters. The Kier molecular flexibility index (Phi) is 5.56. The summed E-state index contributed by atoms with van der Waals surface area (Å²) in [4.78, 5) is 14.7. The van der Waals surface area contributed by atoms with E-state index in [9.17, 15) is 9.90 Å². The minimum Gasteiger partial charge on any atom is -0.393 e. The van der Waals surface area contributed by atoms with Crippen molar-refractivity contribution >= 4 is 5.91 Å². The average molecular weight is 411 g/mol. The van der Waals surface area contributed by atoms with Crippen LogP contribution in [0.15, 0.2) is 30.5 Å². The molecule has 1 aromatic carbocycles. The smallest absolute Gasteiger partial charge is 0.222 e. The van der Waals surface area contributed by atoms with E-state index in [4.69, 9.17) is 4.74 Å². The number of amides is 1. The molecule has 160 valence electrons. The van der Waals surface area contributed by atoms with Gasteiger partial charge in [0.25, 0.3) is 0 Å². The Morgan fingerprint density at radius 1 is 1.17 bits per heavy atom. The lowest BCUT2D eigenvalue weighted by molar-refractivity contribution is -0.135. The zero-order valence-corrected chi connectivity index (χ0v) is 17.3. The number of carbonyl (C=O) groups is 1. The summed E-state index contributed by atoms with van der Waals surface area (Å²) < 4.78 is 7.34. The average Bonchev–Trinajstić information content (AvgIpc) is 3.37. The molecule has 7 heteroatoms. The second kappa shape index (κ2) is 8.47. The van der Waals surface area contributed by atoms with Crippen LogP contribution >= 0.6 is 0 Å². The molecule has 1 N–H and O–H groups in total. The predicted molar refractivity (Wildman–Crippen MR) is 112 cm³/mol. The number of likely N-dealkylation sites (tertiary alicyclic amines) is 1. The Morgan fingerprint density at radius 3 is 2.73 bits per heavy atom. The third-order valence-corrected chi connectivity index (χ3v) is 7.17. The summed E-state index contributed by atoms with van der Waals surface area (Å²) in [6, 6.07) is 8.32. The summed E-state index contributed by atoms with van der Waals surface area (Å²) in [5.41, 5.74) is 3.40. The zero-order chi connectivity index (χ0) is 20.5. The van der Waals surface area contributed by atoms with E-state index in [1.165, 1.54) is 5.56 Å². The van der Waals surface area contributed by atoms with Crippen molar-refractivity contribution in [2.75, 3.05) is 26.3 Å². The number of fused-ring (bicyclic) bond motifs is 3. The Balaban J connectivity index is 1.17. The van der Waals surface area contributed by atoms with Gasteiger partial charge in [-0.2, -0.15) is 0 Å². The molecule has 1 aromatic heterocycles. The number of carbonyl (C=O) groups excluding carboxylic acids is 1. The van der Waals surface area contributed by atoms with Gasteiger partial charge in [-0.25, -0.2) is 4.68 Å². The van der Waals surface area contributed by atoms with E-state index in [0.717, 1.165) is 63.2 Å². The highest BCUT2D eigenvalue weighted by Crippen LogP contribution is 2.41. The van der Waals surface area contributed by atoms with E-state index in [2.05, 4.69) is 22.4 Å². The molecule has 2 saturated heterocycles. The number of aliphatic hydroxyl groups excluding tert-OH is 1. The molecule has 0 radical (unpaired) electrons. The van der Waals surface area contributed by atoms with Crippen molar-refractivity contribution in [1.29, 1.82) is 0 Å². The first kappa shape index (κ1) is 19.7. The quantitative estimate of drug-likeness (QED) is 0.820. The summed E-state index contributed by atoms with van der Waals surface area (Å²) in [6.45, 7) is 3.06. The summed E-state index contributed by atoms with van der Waals surface area (Å²) in [7, 11) is 0. The minimum absolute atomic E-state index is 0.0295. The van der Waals surface area contributed by atoms with Crippen molar-refractivity contribution < 1.29 is 14.6 Å². The van der Waals surface area contributed by atoms with Gasteiger partial charge >= 0.3 is 0 Å². The number of aromatic nitrogens is 3. The van der Waals surface area contributed by atoms with Gasteiger partial charge in [0.1, 0.15) is 0 Å². The minimum atomic E-state index is -0.411. The van der Waals surface area contributed by atoms with Crippen molar-refractivity contribution in [3.05, 3.63) is 36.0 Å². The first-order chi connectivity index (χ1) is 14.7. The number of ether oxygens (including phenoxy) is 1. The Morgan fingerprint density at radius 2 is 1.93 bits per heavy atom. The van der Waals surface area contributed by atoms with Crippen LogP contribution in [0, 0.1) is 11.8 Å². The van der Waals surface area contributed by atoms with Crippen molar-refractivity contribution in [1.82, 2.24) is 19.9 Å². The first-order valence-corrected chi connectivity index (χ1v) is 11.2. The van der Waals surface area contributed by atoms with Crippen LogP contribution in [0.3, 0.4) is 0 Å². The van der Waals surface area contributed by atoms with Gasteiger partial charge in [-0.15, -0.1) is 5.10 Å². The fourth-order valence-electron chi connectivity index (χ4n) is 5.33. The maximum atomic E-state index is 12.7. The highest BCUT2D eigenvalue weighted by atomic mass is 16.5. The monoisotopic (exact) mass is 410 g/mol. The predicted octanol–water partition coefficient (Wildman–Crippen LogP) is 2.65. The van der Waals surface area contributed by atoms with Gasteiger partial charge in [0.2, 0.25) is 5.91 Å². The number of nitrogens with zero attached hydrogens (tertiary/aromatic N) is 4. The normalized spacial score (nSPS) is 23.2. The molecule has 7 nitrogen and oxygen atoms in total. The molecule has 3 aliphatic heterocycles. The molecule has 30 heavy (non-hydrogen) atoms. The zero-order valence-electron chi connectivity index (χ0n) is 17.3. The maximum absolute atomic E-state index is 12.7. The van der Waals surface area contributed by atoms with Gasteiger partial charge < -0.3 is 14.7 Å². The van der Waals surface area contributed by atoms with Gasteiger partial charge in [0.15, 0.2) is 0 Å². The molecule has 4 heterocycles. The number of piperidine rings is 1. The van der Waals surface area contributed by atoms with Crippen LogP contribution in [0.2, 0.25) is 0 Å². The molecule has 2 unspecified atom stereocenters. The van der Waals surface area contributed by atoms with Crippen LogP contribution in [0.4, 0.5) is 0 Å². The van der Waals surface area contributed by atoms with E-state index in [1.807, 2.05) is 21.7 Å². The van der Waals surface area contributed by atoms with E-state index >= 15 is 0 Å². The fraction of sp³-hybridized carbons (Fsp3) is 0.609. The fourth-order valence-corrected chi connectivity index (χ4v) is 5.33. The molecule has 3 aliphatic rings. The first-order valence-electron chi connectivity index (χ1n) is 11.2. The molecule has 0 bridgehead atoms. The van der Waals surface area contributed by atoms with E-state index in [1.54, 1.807) is 6.20 Å². The molecule has 0 spiro atoms. The summed E-state index contributed by atoms with van der Waals surface area (Å²) in [6.07, 6.45) is 6.37. The van der Waals surface area contributed by atoms with Gasteiger partial charge in [-0.1, -0.05) is 29.5 Å². The molecule has 0 saturated carbocycles. The van der Waals surface area contributed by atoms with Crippen molar-refractivity contribution in [2.24, 2.45) is 11.8 Å². The highest BCUT2D eigenvalue weighted by Gasteiger charge is 2.35. The molecular weight excluding hydrogens is 380 g/mol. The number of hydrogen-bond donors (Lipinski definition) is 1. The Hall–Kier alpha value is -2.25. The SMILES string of the molecule is O=C(CC1CCOCC1)N1CCC(C(O)CC2c3ccccc3-c3cnnn32)CC1. The van der Waals surface area contributed by atoms with Crippen molar-refractivity contribution in [2.45, 2.75) is 50.7 Å². The molecule has 0 aliphatic carbocycles. The lowest BCUT2D eigenvalue weighted by atomic mass is 9.86. The van der Waals surface area contributed by atoms with Gasteiger partial charge in [-0.3, -0.25) is 4.79 Å². The molecule has 2 aromatic rings. The lowest BCUT2D eigenvalue weighted by Crippen LogP contribution is -2.42. The van der Waals surface area contributed by atoms with Crippen LogP contribution < -0.4 is 0 Å². The Labute approximate surface area is 177 Å². The second-order valence-corrected chi connectivity index (χ2v) is 8.95. The van der Waals surface area contributed by atoms with E-state index in [-0.39, 0.29) is 17.9 Å². The van der Waals surface area contributed by atoms with Crippen LogP contribution in [0.1, 0.15) is 50.1 Å². The van der Waals surface area contributed by atoms with Crippen LogP contribution in [0.5, 0.6) is 0 Å². The Bertz CT molecular complexity index is 884. The third kappa shape index (κ3) is 3.76. The number of benzene rings is 1. The van der Waals surface area contributed by atoms with E-state index in [0.29, 0.717) is 18.8 Å². The summed E-state index contributed by atoms with van der Waals surface area (Å²) >= 11 is 0. The van der Waals surface area contributed by atoms with Gasteiger partial charge in [0, 0.05) is 44.7 Å². The highest BCUT2D eigenvalue weighted by molar-refractivity contribution is 5.76. The topological polar surface area (TPSA) is 80.5 Å². The van der Waals surface area contributed by atoms with Gasteiger partial charge in [0.05, 0.1) is 24.0 Å². The second-order valence-electron chi connectivity index (χ2n) is 8.95. The summed E-state index contributed by atoms with van der Waals surface area (Å²) in [5.74, 6) is 0.956. The molecule has 1 amide bonds. The number of rotatable bonds is 5. The molecule has 2 fully saturated rings. The maximum Gasteiger partial charge on any atom is 0.222 e. The van der Waals surface area contributed by atoms with E-state index < -0.39 is 6.10 Å². The number of aliphatic hydroxyl groups is 1.